The first-order valence-electron chi connectivity index (χ1n) is 6.30. The van der Waals surface area contributed by atoms with Gasteiger partial charge in [-0.15, -0.1) is 0 Å². The van der Waals surface area contributed by atoms with Crippen molar-refractivity contribution in [3.05, 3.63) is 53.6 Å². The predicted molar refractivity (Wildman–Crippen MR) is 79.6 cm³/mol. The van der Waals surface area contributed by atoms with Gasteiger partial charge in [0.15, 0.2) is 5.78 Å². The molecule has 21 heavy (non-hydrogen) atoms. The molecule has 0 bridgehead atoms. The lowest BCUT2D eigenvalue weighted by atomic mass is 10.1. The number of carbonyl (C=O) groups excluding carboxylic acids is 1. The molecule has 0 aliphatic rings. The van der Waals surface area contributed by atoms with Crippen molar-refractivity contribution in [3.63, 3.8) is 0 Å². The fraction of sp³-hybridized carbons (Fsp3) is 0.125. The van der Waals surface area contributed by atoms with Crippen LogP contribution in [-0.2, 0) is 0 Å². The number of aromatic hydroxyl groups is 2. The first-order valence-corrected chi connectivity index (χ1v) is 6.30. The van der Waals surface area contributed by atoms with Gasteiger partial charge in [-0.1, -0.05) is 12.1 Å². The fourth-order valence-electron chi connectivity index (χ4n) is 1.78. The summed E-state index contributed by atoms with van der Waals surface area (Å²) in [4.78, 5) is 15.9. The summed E-state index contributed by atoms with van der Waals surface area (Å²) >= 11 is 0. The quantitative estimate of drug-likeness (QED) is 0.653. The van der Waals surface area contributed by atoms with Crippen molar-refractivity contribution < 1.29 is 19.7 Å². The number of phenols is 2. The van der Waals surface area contributed by atoms with Gasteiger partial charge >= 0.3 is 0 Å². The third-order valence-corrected chi connectivity index (χ3v) is 2.90. The fourth-order valence-corrected chi connectivity index (χ4v) is 1.78. The number of aliphatic imine (C=N–C) groups is 1. The number of benzene rings is 2. The minimum absolute atomic E-state index is 0.0505. The number of para-hydroxylation sites is 1. The van der Waals surface area contributed by atoms with E-state index in [-0.39, 0.29) is 29.4 Å². The van der Waals surface area contributed by atoms with E-state index in [4.69, 9.17) is 4.74 Å². The van der Waals surface area contributed by atoms with Crippen LogP contribution in [0.1, 0.15) is 15.9 Å². The van der Waals surface area contributed by atoms with E-state index in [2.05, 4.69) is 4.99 Å². The Morgan fingerprint density at radius 2 is 1.95 bits per heavy atom. The molecule has 0 heterocycles. The molecule has 0 atom stereocenters. The van der Waals surface area contributed by atoms with Crippen LogP contribution in [-0.4, -0.2) is 35.9 Å². The molecular weight excluding hydrogens is 270 g/mol. The molecule has 0 radical (unpaired) electrons. The van der Waals surface area contributed by atoms with Gasteiger partial charge < -0.3 is 14.9 Å². The van der Waals surface area contributed by atoms with E-state index in [1.165, 1.54) is 31.5 Å². The summed E-state index contributed by atoms with van der Waals surface area (Å²) in [5.41, 5.74) is 0.684. The van der Waals surface area contributed by atoms with E-state index >= 15 is 0 Å². The van der Waals surface area contributed by atoms with Crippen molar-refractivity contribution in [1.82, 2.24) is 0 Å². The molecule has 5 nitrogen and oxygen atoms in total. The van der Waals surface area contributed by atoms with Crippen LogP contribution >= 0.6 is 0 Å². The summed E-state index contributed by atoms with van der Waals surface area (Å²) in [6, 6.07) is 11.0. The first kappa shape index (κ1) is 14.6. The summed E-state index contributed by atoms with van der Waals surface area (Å²) < 4.78 is 5.05. The van der Waals surface area contributed by atoms with Crippen LogP contribution in [0.15, 0.2) is 47.5 Å². The van der Waals surface area contributed by atoms with E-state index in [1.54, 1.807) is 24.3 Å². The van der Waals surface area contributed by atoms with Crippen molar-refractivity contribution >= 4 is 12.0 Å². The molecule has 0 amide bonds. The van der Waals surface area contributed by atoms with Crippen LogP contribution in [0.4, 0.5) is 0 Å². The summed E-state index contributed by atoms with van der Waals surface area (Å²) in [5.74, 6) is 0.268. The molecule has 0 aliphatic heterocycles. The van der Waals surface area contributed by atoms with E-state index in [0.717, 1.165) is 0 Å². The number of hydrogen-bond acceptors (Lipinski definition) is 5. The molecule has 5 heteroatoms. The number of hydrogen-bond donors (Lipinski definition) is 2. The normalized spacial score (nSPS) is 10.7. The standard InChI is InChI=1S/C16H15NO4/c1-21-12-6-7-14(18)11(8-12)9-17-10-16(20)13-4-2-3-5-15(13)19/h2-9,18-19H,10H2,1H3. The molecule has 108 valence electrons. The Kier molecular flexibility index (Phi) is 4.56. The molecule has 0 unspecified atom stereocenters. The number of methoxy groups -OCH3 is 1. The maximum absolute atomic E-state index is 11.9. The van der Waals surface area contributed by atoms with Crippen LogP contribution in [0.3, 0.4) is 0 Å². The van der Waals surface area contributed by atoms with Crippen LogP contribution < -0.4 is 4.74 Å². The average Bonchev–Trinajstić information content (AvgIpc) is 2.49. The van der Waals surface area contributed by atoms with Gasteiger partial charge in [-0.25, -0.2) is 0 Å². The number of Topliss-reactive ketones (excluding diaryl/α,β-unsaturated/α-hetero) is 1. The molecule has 0 aromatic heterocycles. The number of carbonyl (C=O) groups is 1. The van der Waals surface area contributed by atoms with E-state index in [9.17, 15) is 15.0 Å². The summed E-state index contributed by atoms with van der Waals surface area (Å²) in [6.45, 7) is -0.117. The lowest BCUT2D eigenvalue weighted by Gasteiger charge is -2.03. The zero-order valence-electron chi connectivity index (χ0n) is 11.5. The molecule has 2 N–H and O–H groups in total. The second-order valence-electron chi connectivity index (χ2n) is 4.33. The lowest BCUT2D eigenvalue weighted by molar-refractivity contribution is 0.0999. The van der Waals surface area contributed by atoms with Gasteiger partial charge in [-0.3, -0.25) is 9.79 Å². The van der Waals surface area contributed by atoms with Crippen LogP contribution in [0, 0.1) is 0 Å². The van der Waals surface area contributed by atoms with E-state index in [0.29, 0.717) is 11.3 Å². The van der Waals surface area contributed by atoms with E-state index < -0.39 is 0 Å². The molecule has 2 aromatic carbocycles. The summed E-state index contributed by atoms with van der Waals surface area (Å²) in [5, 5.41) is 19.3. The third-order valence-electron chi connectivity index (χ3n) is 2.90. The van der Waals surface area contributed by atoms with Crippen LogP contribution in [0.25, 0.3) is 0 Å². The van der Waals surface area contributed by atoms with Crippen molar-refractivity contribution in [2.24, 2.45) is 4.99 Å². The molecule has 0 fully saturated rings. The Morgan fingerprint density at radius 3 is 2.67 bits per heavy atom. The molecule has 0 aliphatic carbocycles. The molecule has 0 spiro atoms. The number of rotatable bonds is 5. The van der Waals surface area contributed by atoms with Gasteiger partial charge in [-0.05, 0) is 30.3 Å². The third kappa shape index (κ3) is 3.60. The van der Waals surface area contributed by atoms with Crippen molar-refractivity contribution in [2.75, 3.05) is 13.7 Å². The van der Waals surface area contributed by atoms with Gasteiger partial charge in [0.1, 0.15) is 23.8 Å². The maximum Gasteiger partial charge on any atom is 0.187 e. The van der Waals surface area contributed by atoms with Crippen molar-refractivity contribution in [2.45, 2.75) is 0 Å². The molecule has 2 rings (SSSR count). The van der Waals surface area contributed by atoms with Gasteiger partial charge in [-0.2, -0.15) is 0 Å². The van der Waals surface area contributed by atoms with Gasteiger partial charge in [0, 0.05) is 11.8 Å². The number of ketones is 1. The SMILES string of the molecule is COc1ccc(O)c(C=NCC(=O)c2ccccc2O)c1. The summed E-state index contributed by atoms with van der Waals surface area (Å²) in [7, 11) is 1.52. The number of phenolic OH excluding ortho intramolecular Hbond substituents is 2. The molecule has 0 saturated carbocycles. The topological polar surface area (TPSA) is 79.1 Å². The first-order chi connectivity index (χ1) is 10.1. The van der Waals surface area contributed by atoms with E-state index in [1.807, 2.05) is 0 Å². The van der Waals surface area contributed by atoms with Crippen LogP contribution in [0.2, 0.25) is 0 Å². The minimum Gasteiger partial charge on any atom is -0.507 e. The molecule has 0 saturated heterocycles. The monoisotopic (exact) mass is 285 g/mol. The summed E-state index contributed by atoms with van der Waals surface area (Å²) in [6.07, 6.45) is 1.40. The zero-order chi connectivity index (χ0) is 15.2. The smallest absolute Gasteiger partial charge is 0.187 e. The van der Waals surface area contributed by atoms with Crippen molar-refractivity contribution in [3.8, 4) is 17.2 Å². The Labute approximate surface area is 122 Å². The van der Waals surface area contributed by atoms with Gasteiger partial charge in [0.2, 0.25) is 0 Å². The lowest BCUT2D eigenvalue weighted by Crippen LogP contribution is -2.03. The highest BCUT2D eigenvalue weighted by Crippen LogP contribution is 2.21. The highest BCUT2D eigenvalue weighted by atomic mass is 16.5. The Morgan fingerprint density at radius 1 is 1.19 bits per heavy atom. The second-order valence-corrected chi connectivity index (χ2v) is 4.33. The maximum atomic E-state index is 11.9. The minimum atomic E-state index is -0.299. The van der Waals surface area contributed by atoms with Gasteiger partial charge in [0.25, 0.3) is 0 Å². The highest BCUT2D eigenvalue weighted by Gasteiger charge is 2.09. The number of ether oxygens (including phenoxy) is 1. The van der Waals surface area contributed by atoms with Crippen LogP contribution in [0.5, 0.6) is 17.2 Å². The van der Waals surface area contributed by atoms with Crippen molar-refractivity contribution in [1.29, 1.82) is 0 Å². The van der Waals surface area contributed by atoms with Gasteiger partial charge in [0.05, 0.1) is 12.7 Å². The molecular formula is C16H15NO4. The largest absolute Gasteiger partial charge is 0.507 e. The Hall–Kier alpha value is -2.82. The highest BCUT2D eigenvalue weighted by molar-refractivity contribution is 6.01. The predicted octanol–water partition coefficient (Wildman–Crippen LogP) is 2.41. The molecule has 2 aromatic rings. The zero-order valence-corrected chi connectivity index (χ0v) is 11.5. The Bertz CT molecular complexity index is 680. The average molecular weight is 285 g/mol. The number of nitrogens with zero attached hydrogens (tertiary/aromatic N) is 1. The second kappa shape index (κ2) is 6.56. The Balaban J connectivity index is 2.09.